The fourth-order valence-electron chi connectivity index (χ4n) is 1.21. The highest BCUT2D eigenvalue weighted by Crippen LogP contribution is 2.16. The second kappa shape index (κ2) is 4.74. The van der Waals surface area contributed by atoms with Gasteiger partial charge in [0.2, 0.25) is 0 Å². The first kappa shape index (κ1) is 10.7. The van der Waals surface area contributed by atoms with Crippen LogP contribution < -0.4 is 5.43 Å². The highest BCUT2D eigenvalue weighted by atomic mass is 79.9. The normalized spacial score (nSPS) is 13.3. The molecule has 0 amide bonds. The van der Waals surface area contributed by atoms with Gasteiger partial charge in [-0.2, -0.15) is 0 Å². The van der Waals surface area contributed by atoms with Gasteiger partial charge in [-0.05, 0) is 24.6 Å². The predicted octanol–water partition coefficient (Wildman–Crippen LogP) is 2.58. The molecule has 2 nitrogen and oxygen atoms in total. The Morgan fingerprint density at radius 3 is 2.23 bits per heavy atom. The molecule has 0 fully saturated rings. The lowest BCUT2D eigenvalue weighted by atomic mass is 10.1. The lowest BCUT2D eigenvalue weighted by Gasteiger charge is -2.19. The van der Waals surface area contributed by atoms with Crippen LogP contribution in [0.25, 0.3) is 0 Å². The summed E-state index contributed by atoms with van der Waals surface area (Å²) in [5.74, 6) is 0. The van der Waals surface area contributed by atoms with Crippen molar-refractivity contribution in [2.24, 2.45) is 0 Å². The van der Waals surface area contributed by atoms with Crippen molar-refractivity contribution in [3.8, 4) is 0 Å². The molecule has 0 aliphatic heterocycles. The van der Waals surface area contributed by atoms with Gasteiger partial charge in [-0.1, -0.05) is 28.1 Å². The molecule has 0 aromatic heterocycles. The third kappa shape index (κ3) is 3.46. The Bertz CT molecular complexity index is 256. The van der Waals surface area contributed by atoms with Crippen LogP contribution in [0.4, 0.5) is 0 Å². The Morgan fingerprint density at radius 2 is 1.77 bits per heavy atom. The predicted molar refractivity (Wildman–Crippen MR) is 59.4 cm³/mol. The van der Waals surface area contributed by atoms with Crippen molar-refractivity contribution in [1.82, 2.24) is 10.4 Å². The number of hydrogen-bond donors (Lipinski definition) is 1. The molecule has 0 aliphatic rings. The van der Waals surface area contributed by atoms with Gasteiger partial charge in [0, 0.05) is 24.6 Å². The fourth-order valence-corrected chi connectivity index (χ4v) is 1.48. The third-order valence-corrected chi connectivity index (χ3v) is 2.35. The summed E-state index contributed by atoms with van der Waals surface area (Å²) in [6, 6.07) is 8.70. The fraction of sp³-hybridized carbons (Fsp3) is 0.400. The van der Waals surface area contributed by atoms with E-state index in [0.717, 1.165) is 4.47 Å². The molecule has 1 atom stereocenters. The van der Waals surface area contributed by atoms with E-state index in [1.807, 2.05) is 19.1 Å². The van der Waals surface area contributed by atoms with Crippen molar-refractivity contribution in [3.05, 3.63) is 34.3 Å². The molecule has 0 saturated carbocycles. The number of halogens is 1. The summed E-state index contributed by atoms with van der Waals surface area (Å²) >= 11 is 3.41. The summed E-state index contributed by atoms with van der Waals surface area (Å²) in [4.78, 5) is 0. The van der Waals surface area contributed by atoms with Crippen LogP contribution in [0.5, 0.6) is 0 Å². The maximum Gasteiger partial charge on any atom is 0.0436 e. The summed E-state index contributed by atoms with van der Waals surface area (Å²) in [6.07, 6.45) is 0. The minimum absolute atomic E-state index is 0.350. The van der Waals surface area contributed by atoms with Gasteiger partial charge in [-0.3, -0.25) is 5.01 Å². The standard InChI is InChI=1S/C10H15BrN2/c1-8(12-13(2)3)9-4-6-10(11)7-5-9/h4-8,12H,1-3H3. The van der Waals surface area contributed by atoms with Crippen LogP contribution in [-0.2, 0) is 0 Å². The van der Waals surface area contributed by atoms with Gasteiger partial charge in [0.25, 0.3) is 0 Å². The first-order valence-corrected chi connectivity index (χ1v) is 5.08. The molecule has 13 heavy (non-hydrogen) atoms. The van der Waals surface area contributed by atoms with Crippen LogP contribution in [0, 0.1) is 0 Å². The van der Waals surface area contributed by atoms with E-state index in [-0.39, 0.29) is 0 Å². The van der Waals surface area contributed by atoms with Crippen molar-refractivity contribution in [1.29, 1.82) is 0 Å². The molecule has 0 saturated heterocycles. The molecule has 0 bridgehead atoms. The number of nitrogens with zero attached hydrogens (tertiary/aromatic N) is 1. The summed E-state index contributed by atoms with van der Waals surface area (Å²) in [5.41, 5.74) is 4.59. The average Bonchev–Trinajstić information content (AvgIpc) is 2.04. The monoisotopic (exact) mass is 242 g/mol. The van der Waals surface area contributed by atoms with Gasteiger partial charge >= 0.3 is 0 Å². The Labute approximate surface area is 88.0 Å². The first-order chi connectivity index (χ1) is 6.09. The minimum atomic E-state index is 0.350. The zero-order valence-corrected chi connectivity index (χ0v) is 9.80. The molecule has 1 aromatic carbocycles. The van der Waals surface area contributed by atoms with Crippen LogP contribution in [-0.4, -0.2) is 19.1 Å². The molecule has 1 rings (SSSR count). The van der Waals surface area contributed by atoms with Gasteiger partial charge in [0.1, 0.15) is 0 Å². The maximum absolute atomic E-state index is 3.41. The summed E-state index contributed by atoms with van der Waals surface area (Å²) in [7, 11) is 3.99. The smallest absolute Gasteiger partial charge is 0.0436 e. The van der Waals surface area contributed by atoms with E-state index in [1.165, 1.54) is 5.56 Å². The SMILES string of the molecule is CC(NN(C)C)c1ccc(Br)cc1. The van der Waals surface area contributed by atoms with Gasteiger partial charge in [0.15, 0.2) is 0 Å². The molecule has 1 aromatic rings. The number of rotatable bonds is 3. The van der Waals surface area contributed by atoms with Gasteiger partial charge < -0.3 is 0 Å². The summed E-state index contributed by atoms with van der Waals surface area (Å²) in [6.45, 7) is 2.14. The molecule has 72 valence electrons. The molecule has 1 unspecified atom stereocenters. The lowest BCUT2D eigenvalue weighted by molar-refractivity contribution is 0.252. The Kier molecular flexibility index (Phi) is 3.90. The van der Waals surface area contributed by atoms with E-state index < -0.39 is 0 Å². The van der Waals surface area contributed by atoms with Gasteiger partial charge in [0.05, 0.1) is 0 Å². The molecule has 0 radical (unpaired) electrons. The van der Waals surface area contributed by atoms with Crippen LogP contribution in [0.1, 0.15) is 18.5 Å². The van der Waals surface area contributed by atoms with Crippen LogP contribution in [0.3, 0.4) is 0 Å². The summed E-state index contributed by atoms with van der Waals surface area (Å²) < 4.78 is 1.12. The van der Waals surface area contributed by atoms with E-state index in [2.05, 4.69) is 52.5 Å². The Hall–Kier alpha value is -0.380. The first-order valence-electron chi connectivity index (χ1n) is 4.28. The molecule has 0 heterocycles. The second-order valence-corrected chi connectivity index (χ2v) is 4.21. The molecular weight excluding hydrogens is 228 g/mol. The number of benzene rings is 1. The minimum Gasteiger partial charge on any atom is -0.250 e. The van der Waals surface area contributed by atoms with Crippen molar-refractivity contribution in [3.63, 3.8) is 0 Å². The van der Waals surface area contributed by atoms with Gasteiger partial charge in [-0.25, -0.2) is 5.43 Å². The van der Waals surface area contributed by atoms with E-state index >= 15 is 0 Å². The Balaban J connectivity index is 2.66. The lowest BCUT2D eigenvalue weighted by Crippen LogP contribution is -2.32. The topological polar surface area (TPSA) is 15.3 Å². The number of hydrazine groups is 1. The van der Waals surface area contributed by atoms with Crippen molar-refractivity contribution >= 4 is 15.9 Å². The zero-order chi connectivity index (χ0) is 9.84. The highest BCUT2D eigenvalue weighted by molar-refractivity contribution is 9.10. The maximum atomic E-state index is 3.41. The molecule has 3 heteroatoms. The van der Waals surface area contributed by atoms with E-state index in [4.69, 9.17) is 0 Å². The summed E-state index contributed by atoms with van der Waals surface area (Å²) in [5, 5.41) is 1.96. The van der Waals surface area contributed by atoms with Crippen LogP contribution in [0.15, 0.2) is 28.7 Å². The van der Waals surface area contributed by atoms with E-state index in [0.29, 0.717) is 6.04 Å². The average molecular weight is 243 g/mol. The van der Waals surface area contributed by atoms with Gasteiger partial charge in [-0.15, -0.1) is 0 Å². The van der Waals surface area contributed by atoms with Crippen LogP contribution >= 0.6 is 15.9 Å². The second-order valence-electron chi connectivity index (χ2n) is 3.30. The Morgan fingerprint density at radius 1 is 1.23 bits per heavy atom. The molecule has 0 spiro atoms. The third-order valence-electron chi connectivity index (χ3n) is 1.82. The van der Waals surface area contributed by atoms with E-state index in [1.54, 1.807) is 0 Å². The van der Waals surface area contributed by atoms with Crippen molar-refractivity contribution < 1.29 is 0 Å². The molecular formula is C10H15BrN2. The molecule has 0 aliphatic carbocycles. The van der Waals surface area contributed by atoms with Crippen molar-refractivity contribution in [2.75, 3.05) is 14.1 Å². The highest BCUT2D eigenvalue weighted by Gasteiger charge is 2.04. The van der Waals surface area contributed by atoms with E-state index in [9.17, 15) is 0 Å². The number of nitrogens with one attached hydrogen (secondary N) is 1. The number of hydrogen-bond acceptors (Lipinski definition) is 2. The quantitative estimate of drug-likeness (QED) is 0.821. The molecule has 1 N–H and O–H groups in total. The largest absolute Gasteiger partial charge is 0.250 e. The van der Waals surface area contributed by atoms with Crippen LogP contribution in [0.2, 0.25) is 0 Å². The van der Waals surface area contributed by atoms with Crippen molar-refractivity contribution in [2.45, 2.75) is 13.0 Å². The zero-order valence-electron chi connectivity index (χ0n) is 8.21.